The van der Waals surface area contributed by atoms with Gasteiger partial charge in [-0.2, -0.15) is 0 Å². The van der Waals surface area contributed by atoms with Gasteiger partial charge >= 0.3 is 16.5 Å². The minimum absolute atomic E-state index is 0. The van der Waals surface area contributed by atoms with E-state index in [1.807, 2.05) is 36.4 Å². The molecular weight excluding hydrogens is 495 g/mol. The number of hydrogen-bond donors (Lipinski definition) is 1. The predicted molar refractivity (Wildman–Crippen MR) is 132 cm³/mol. The number of fused-ring (bicyclic) bond motifs is 1. The molecule has 0 atom stereocenters. The van der Waals surface area contributed by atoms with Crippen molar-refractivity contribution in [1.82, 2.24) is 0 Å². The molecule has 4 aromatic carbocycles. The number of aliphatic imine (C=N–C) groups is 2. The number of phenols is 1. The zero-order valence-corrected chi connectivity index (χ0v) is 20.3. The molecule has 34 heavy (non-hydrogen) atoms. The molecule has 4 aromatic rings. The number of nitrogens with zero attached hydrogens (tertiary/aromatic N) is 2. The van der Waals surface area contributed by atoms with Gasteiger partial charge in [0.25, 0.3) is 0 Å². The van der Waals surface area contributed by atoms with Crippen molar-refractivity contribution in [3.63, 3.8) is 0 Å². The maximum Gasteiger partial charge on any atom is 2.00 e. The zero-order chi connectivity index (χ0) is 23.8. The second-order valence-corrected chi connectivity index (χ2v) is 8.65. The quantitative estimate of drug-likeness (QED) is 0.324. The first kappa shape index (κ1) is 26.8. The van der Waals surface area contributed by atoms with E-state index in [9.17, 15) is 19.5 Å². The molecule has 0 aliphatic carbocycles. The van der Waals surface area contributed by atoms with Gasteiger partial charge in [0.05, 0.1) is 11.4 Å². The summed E-state index contributed by atoms with van der Waals surface area (Å²) in [6, 6.07) is 22.3. The smallest absolute Gasteiger partial charge is 0.872 e. The third-order valence-corrected chi connectivity index (χ3v) is 4.49. The van der Waals surface area contributed by atoms with Gasteiger partial charge in [-0.25, -0.2) is 0 Å². The van der Waals surface area contributed by atoms with Crippen molar-refractivity contribution in [2.75, 3.05) is 12.5 Å². The number of benzene rings is 4. The van der Waals surface area contributed by atoms with Gasteiger partial charge < -0.3 is 15.3 Å². The van der Waals surface area contributed by atoms with Gasteiger partial charge in [-0.3, -0.25) is 14.2 Å². The Hall–Kier alpha value is -3.48. The molecule has 0 saturated carbocycles. The fourth-order valence-corrected chi connectivity index (χ4v) is 2.99. The Bertz CT molecular complexity index is 1350. The van der Waals surface area contributed by atoms with Crippen molar-refractivity contribution in [1.29, 1.82) is 0 Å². The van der Waals surface area contributed by atoms with Crippen LogP contribution in [0.4, 0.5) is 11.4 Å². The molecule has 0 unspecified atom stereocenters. The van der Waals surface area contributed by atoms with E-state index < -0.39 is 10.8 Å². The summed E-state index contributed by atoms with van der Waals surface area (Å²) in [5, 5.41) is 35.4. The second-order valence-electron chi connectivity index (χ2n) is 7.17. The molecule has 0 amide bonds. The molecule has 8 heteroatoms. The van der Waals surface area contributed by atoms with Crippen molar-refractivity contribution in [3.8, 4) is 17.2 Å². The maximum absolute atomic E-state index is 12.3. The van der Waals surface area contributed by atoms with E-state index in [4.69, 9.17) is 0 Å². The Kier molecular flexibility index (Phi) is 9.99. The van der Waals surface area contributed by atoms with Crippen LogP contribution in [0.15, 0.2) is 88.8 Å². The summed E-state index contributed by atoms with van der Waals surface area (Å²) < 4.78 is 9.56. The molecule has 0 spiro atoms. The third-order valence-electron chi connectivity index (χ3n) is 4.49. The predicted octanol–water partition coefficient (Wildman–Crippen LogP) is 4.19. The van der Waals surface area contributed by atoms with E-state index in [1.54, 1.807) is 36.9 Å². The first-order valence-electron chi connectivity index (χ1n) is 9.96. The Morgan fingerprint density at radius 1 is 0.794 bits per heavy atom. The van der Waals surface area contributed by atoms with Crippen LogP contribution in [-0.4, -0.2) is 34.3 Å². The van der Waals surface area contributed by atoms with E-state index in [2.05, 4.69) is 9.98 Å². The molecule has 0 saturated heterocycles. The second kappa shape index (κ2) is 12.7. The fraction of sp³-hybridized carbons (Fsp3) is 0.0769. The summed E-state index contributed by atoms with van der Waals surface area (Å²) in [5.74, 6) is -0.504. The molecule has 4 rings (SSSR count). The molecule has 0 aliphatic rings. The van der Waals surface area contributed by atoms with Crippen LogP contribution in [0.3, 0.4) is 0 Å². The molecule has 0 radical (unpaired) electrons. The molecule has 176 valence electrons. The summed E-state index contributed by atoms with van der Waals surface area (Å²) in [6.45, 7) is 0. The Labute approximate surface area is 210 Å². The molecule has 0 fully saturated rings. The van der Waals surface area contributed by atoms with E-state index in [0.717, 1.165) is 16.8 Å². The Morgan fingerprint density at radius 2 is 1.38 bits per heavy atom. The van der Waals surface area contributed by atoms with Gasteiger partial charge in [0.2, 0.25) is 0 Å². The maximum atomic E-state index is 12.3. The molecule has 6 nitrogen and oxygen atoms in total. The number of hydrogen-bond acceptors (Lipinski definition) is 6. The van der Waals surface area contributed by atoms with Gasteiger partial charge in [-0.1, -0.05) is 66.1 Å². The van der Waals surface area contributed by atoms with Crippen molar-refractivity contribution < 1.29 is 36.0 Å². The van der Waals surface area contributed by atoms with Gasteiger partial charge in [-0.15, -0.1) is 0 Å². The SMILES string of the molecule is CS(C)=O.[Ni+2].[O-]c1cc(O)ccc1C=Nc1ccccc1N=Cc1c([O-])ccc2ccccc12. The van der Waals surface area contributed by atoms with Crippen LogP contribution in [0.25, 0.3) is 10.8 Å². The van der Waals surface area contributed by atoms with Crippen molar-refractivity contribution >= 4 is 45.4 Å². The minimum Gasteiger partial charge on any atom is -0.872 e. The third kappa shape index (κ3) is 7.27. The van der Waals surface area contributed by atoms with Gasteiger partial charge in [-0.05, 0) is 46.2 Å². The van der Waals surface area contributed by atoms with Crippen LogP contribution in [0.2, 0.25) is 0 Å². The standard InChI is InChI=1S/C24H18N2O3.C2H6OS.Ni/c27-18-11-9-17(24(29)13-18)14-25-21-7-3-4-8-22(21)26-15-20-19-6-2-1-5-16(19)10-12-23(20)28;1-4(2)3;/h1-15,27-29H;1-2H3;/q;;+2/p-2. The fourth-order valence-electron chi connectivity index (χ4n) is 2.99. The van der Waals surface area contributed by atoms with Gasteiger partial charge in [0.15, 0.2) is 0 Å². The minimum atomic E-state index is -0.611. The summed E-state index contributed by atoms with van der Waals surface area (Å²) in [7, 11) is -0.611. The average Bonchev–Trinajstić information content (AvgIpc) is 2.78. The molecule has 0 bridgehead atoms. The number of aromatic hydroxyl groups is 1. The summed E-state index contributed by atoms with van der Waals surface area (Å²) >= 11 is 0. The van der Waals surface area contributed by atoms with Crippen LogP contribution < -0.4 is 10.2 Å². The first-order valence-corrected chi connectivity index (χ1v) is 11.9. The molecule has 1 N–H and O–H groups in total. The van der Waals surface area contributed by atoms with Gasteiger partial charge in [0.1, 0.15) is 5.75 Å². The van der Waals surface area contributed by atoms with Crippen molar-refractivity contribution in [2.45, 2.75) is 0 Å². The van der Waals surface area contributed by atoms with E-state index in [0.29, 0.717) is 22.5 Å². The molecule has 0 aliphatic heterocycles. The van der Waals surface area contributed by atoms with Crippen molar-refractivity contribution in [3.05, 3.63) is 90.0 Å². The summed E-state index contributed by atoms with van der Waals surface area (Å²) in [4.78, 5) is 8.84. The zero-order valence-electron chi connectivity index (χ0n) is 18.5. The summed E-state index contributed by atoms with van der Waals surface area (Å²) in [6.07, 6.45) is 6.27. The number of phenolic OH excluding ortho intramolecular Hbond substituents is 1. The Morgan fingerprint density at radius 3 is 2.03 bits per heavy atom. The summed E-state index contributed by atoms with van der Waals surface area (Å²) in [5.41, 5.74) is 2.01. The van der Waals surface area contributed by atoms with Crippen LogP contribution in [-0.2, 0) is 27.3 Å². The molecule has 0 aromatic heterocycles. The monoisotopic (exact) mass is 516 g/mol. The average molecular weight is 517 g/mol. The topological polar surface area (TPSA) is 108 Å². The van der Waals surface area contributed by atoms with Gasteiger partial charge in [0, 0.05) is 35.7 Å². The Balaban J connectivity index is 0.000000758. The van der Waals surface area contributed by atoms with Crippen LogP contribution in [0.5, 0.6) is 17.2 Å². The normalized spacial score (nSPS) is 10.9. The van der Waals surface area contributed by atoms with Crippen LogP contribution in [0.1, 0.15) is 11.1 Å². The number of rotatable bonds is 4. The largest absolute Gasteiger partial charge is 2.00 e. The van der Waals surface area contributed by atoms with Crippen LogP contribution >= 0.6 is 0 Å². The van der Waals surface area contributed by atoms with E-state index in [1.165, 1.54) is 24.4 Å². The van der Waals surface area contributed by atoms with E-state index >= 15 is 0 Å². The molecular formula is C26H22N2NiO4S. The first-order chi connectivity index (χ1) is 15.8. The van der Waals surface area contributed by atoms with Crippen LogP contribution in [0, 0.1) is 0 Å². The number of para-hydroxylation sites is 2. The van der Waals surface area contributed by atoms with Crippen molar-refractivity contribution in [2.24, 2.45) is 9.98 Å². The molecule has 0 heterocycles. The van der Waals surface area contributed by atoms with E-state index in [-0.39, 0.29) is 33.7 Å².